The monoisotopic (exact) mass is 317 g/mol. The summed E-state index contributed by atoms with van der Waals surface area (Å²) in [7, 11) is -3.63. The first-order valence-corrected chi connectivity index (χ1v) is 8.68. The first kappa shape index (κ1) is 14.6. The second-order valence-electron chi connectivity index (χ2n) is 5.85. The Hall–Kier alpha value is -1.35. The lowest BCUT2D eigenvalue weighted by molar-refractivity contribution is -0.141. The molecular weight excluding hydrogens is 298 g/mol. The zero-order valence-electron chi connectivity index (χ0n) is 11.6. The van der Waals surface area contributed by atoms with Crippen molar-refractivity contribution in [2.75, 3.05) is 26.2 Å². The summed E-state index contributed by atoms with van der Waals surface area (Å²) in [5.41, 5.74) is 0. The van der Waals surface area contributed by atoms with Gasteiger partial charge < -0.3 is 15.3 Å². The Morgan fingerprint density at radius 1 is 1.29 bits per heavy atom. The molecule has 2 aliphatic heterocycles. The zero-order chi connectivity index (χ0) is 15.2. The highest BCUT2D eigenvalue weighted by molar-refractivity contribution is 7.89. The van der Waals surface area contributed by atoms with Crippen LogP contribution in [0.2, 0.25) is 0 Å². The second-order valence-corrected chi connectivity index (χ2v) is 8.00. The fraction of sp³-hybridized carbons (Fsp3) is 0.833. The Labute approximate surface area is 123 Å². The molecule has 2 amide bonds. The van der Waals surface area contributed by atoms with Crippen molar-refractivity contribution in [2.45, 2.75) is 30.6 Å². The Bertz CT molecular complexity index is 563. The first-order chi connectivity index (χ1) is 9.91. The highest BCUT2D eigenvalue weighted by Crippen LogP contribution is 2.34. The van der Waals surface area contributed by atoms with Gasteiger partial charge in [-0.15, -0.1) is 0 Å². The molecule has 1 saturated carbocycles. The van der Waals surface area contributed by atoms with Gasteiger partial charge in [0.05, 0.1) is 17.2 Å². The standard InChI is InChI=1S/C12H19N3O5S/c16-11(17)9-2-1-3-10(9)21(19,20)14-4-5-15-8(7-14)6-13-12(15)18/h8-10H,1-7H2,(H,13,18)(H,16,17). The van der Waals surface area contributed by atoms with Crippen molar-refractivity contribution in [3.63, 3.8) is 0 Å². The molecule has 2 heterocycles. The summed E-state index contributed by atoms with van der Waals surface area (Å²) in [6.45, 7) is 1.30. The van der Waals surface area contributed by atoms with Crippen LogP contribution in [0.5, 0.6) is 0 Å². The predicted octanol–water partition coefficient (Wildman–Crippen LogP) is -0.721. The van der Waals surface area contributed by atoms with Crippen molar-refractivity contribution in [2.24, 2.45) is 5.92 Å². The van der Waals surface area contributed by atoms with Crippen LogP contribution in [0.3, 0.4) is 0 Å². The number of aliphatic carboxylic acids is 1. The van der Waals surface area contributed by atoms with Crippen LogP contribution < -0.4 is 5.32 Å². The van der Waals surface area contributed by atoms with E-state index in [0.717, 1.165) is 0 Å². The Morgan fingerprint density at radius 2 is 2.05 bits per heavy atom. The number of sulfonamides is 1. The Morgan fingerprint density at radius 3 is 2.76 bits per heavy atom. The van der Waals surface area contributed by atoms with Crippen LogP contribution in [0.4, 0.5) is 4.79 Å². The van der Waals surface area contributed by atoms with Gasteiger partial charge in [0.15, 0.2) is 0 Å². The number of carboxylic acid groups (broad SMARTS) is 1. The highest BCUT2D eigenvalue weighted by Gasteiger charge is 2.47. The van der Waals surface area contributed by atoms with Gasteiger partial charge in [-0.05, 0) is 12.8 Å². The van der Waals surface area contributed by atoms with Gasteiger partial charge in [0.1, 0.15) is 0 Å². The maximum Gasteiger partial charge on any atom is 0.317 e. The third-order valence-electron chi connectivity index (χ3n) is 4.71. The maximum absolute atomic E-state index is 12.7. The molecule has 9 heteroatoms. The number of carbonyl (C=O) groups is 2. The molecule has 21 heavy (non-hydrogen) atoms. The molecule has 118 valence electrons. The molecule has 0 spiro atoms. The van der Waals surface area contributed by atoms with Gasteiger partial charge in [-0.2, -0.15) is 4.31 Å². The van der Waals surface area contributed by atoms with Crippen LogP contribution in [0.1, 0.15) is 19.3 Å². The van der Waals surface area contributed by atoms with Gasteiger partial charge in [-0.3, -0.25) is 4.79 Å². The minimum absolute atomic E-state index is 0.147. The van der Waals surface area contributed by atoms with Crippen LogP contribution in [0, 0.1) is 5.92 Å². The van der Waals surface area contributed by atoms with E-state index in [9.17, 15) is 23.1 Å². The van der Waals surface area contributed by atoms with Crippen molar-refractivity contribution in [1.82, 2.24) is 14.5 Å². The normalized spacial score (nSPS) is 33.8. The number of amides is 2. The third-order valence-corrected chi connectivity index (χ3v) is 7.09. The number of nitrogens with one attached hydrogen (secondary N) is 1. The summed E-state index contributed by atoms with van der Waals surface area (Å²) in [4.78, 5) is 24.4. The molecule has 0 aromatic carbocycles. The molecule has 2 N–H and O–H groups in total. The van der Waals surface area contributed by atoms with E-state index in [1.54, 1.807) is 4.90 Å². The van der Waals surface area contributed by atoms with Crippen molar-refractivity contribution in [3.05, 3.63) is 0 Å². The van der Waals surface area contributed by atoms with Crippen molar-refractivity contribution >= 4 is 22.0 Å². The van der Waals surface area contributed by atoms with E-state index in [4.69, 9.17) is 0 Å². The number of urea groups is 1. The van der Waals surface area contributed by atoms with E-state index in [2.05, 4.69) is 5.32 Å². The van der Waals surface area contributed by atoms with Crippen LogP contribution >= 0.6 is 0 Å². The summed E-state index contributed by atoms with van der Waals surface area (Å²) < 4.78 is 26.8. The van der Waals surface area contributed by atoms with Gasteiger partial charge in [0, 0.05) is 26.2 Å². The number of piperazine rings is 1. The number of carbonyl (C=O) groups excluding carboxylic acids is 1. The minimum atomic E-state index is -3.63. The Balaban J connectivity index is 1.77. The molecule has 3 rings (SSSR count). The van der Waals surface area contributed by atoms with Gasteiger partial charge in [-0.1, -0.05) is 6.42 Å². The van der Waals surface area contributed by atoms with Crippen LogP contribution in [0.15, 0.2) is 0 Å². The fourth-order valence-electron chi connectivity index (χ4n) is 3.56. The van der Waals surface area contributed by atoms with E-state index in [0.29, 0.717) is 32.4 Å². The number of nitrogens with zero attached hydrogens (tertiary/aromatic N) is 2. The lowest BCUT2D eigenvalue weighted by Crippen LogP contribution is -2.56. The van der Waals surface area contributed by atoms with E-state index in [1.807, 2.05) is 0 Å². The molecule has 3 unspecified atom stereocenters. The zero-order valence-corrected chi connectivity index (χ0v) is 12.4. The van der Waals surface area contributed by atoms with Crippen molar-refractivity contribution in [3.8, 4) is 0 Å². The summed E-state index contributed by atoms with van der Waals surface area (Å²) in [6, 6.07) is -0.299. The lowest BCUT2D eigenvalue weighted by atomic mass is 10.1. The molecular formula is C12H19N3O5S. The van der Waals surface area contributed by atoms with E-state index in [-0.39, 0.29) is 25.2 Å². The quantitative estimate of drug-likeness (QED) is 0.714. The highest BCUT2D eigenvalue weighted by atomic mass is 32.2. The molecule has 0 aromatic rings. The van der Waals surface area contributed by atoms with Crippen LogP contribution in [-0.4, -0.2) is 72.2 Å². The molecule has 0 radical (unpaired) electrons. The largest absolute Gasteiger partial charge is 0.481 e. The fourth-order valence-corrected chi connectivity index (χ4v) is 5.79. The predicted molar refractivity (Wildman–Crippen MR) is 73.2 cm³/mol. The maximum atomic E-state index is 12.7. The number of fused-ring (bicyclic) bond motifs is 1. The summed E-state index contributed by atoms with van der Waals surface area (Å²) >= 11 is 0. The first-order valence-electron chi connectivity index (χ1n) is 7.17. The van der Waals surface area contributed by atoms with Crippen molar-refractivity contribution < 1.29 is 23.1 Å². The third kappa shape index (κ3) is 2.38. The van der Waals surface area contributed by atoms with Crippen molar-refractivity contribution in [1.29, 1.82) is 0 Å². The summed E-state index contributed by atoms with van der Waals surface area (Å²) in [5, 5.41) is 11.1. The SMILES string of the molecule is O=C(O)C1CCCC1S(=O)(=O)N1CCN2C(=O)NCC2C1. The van der Waals surface area contributed by atoms with E-state index in [1.165, 1.54) is 4.31 Å². The minimum Gasteiger partial charge on any atom is -0.481 e. The van der Waals surface area contributed by atoms with E-state index < -0.39 is 27.2 Å². The topological polar surface area (TPSA) is 107 Å². The molecule has 2 saturated heterocycles. The molecule has 3 atom stereocenters. The second kappa shape index (κ2) is 5.13. The molecule has 8 nitrogen and oxygen atoms in total. The average Bonchev–Trinajstić information content (AvgIpc) is 3.06. The van der Waals surface area contributed by atoms with Gasteiger partial charge in [0.2, 0.25) is 10.0 Å². The average molecular weight is 317 g/mol. The van der Waals surface area contributed by atoms with Gasteiger partial charge in [-0.25, -0.2) is 13.2 Å². The number of hydrogen-bond donors (Lipinski definition) is 2. The van der Waals surface area contributed by atoms with E-state index >= 15 is 0 Å². The number of carboxylic acids is 1. The number of rotatable bonds is 3. The molecule has 1 aliphatic carbocycles. The summed E-state index contributed by atoms with van der Waals surface area (Å²) in [6.07, 6.45) is 1.45. The molecule has 0 bridgehead atoms. The van der Waals surface area contributed by atoms with Crippen LogP contribution in [0.25, 0.3) is 0 Å². The Kier molecular flexibility index (Phi) is 3.56. The van der Waals surface area contributed by atoms with Gasteiger partial charge >= 0.3 is 12.0 Å². The molecule has 3 aliphatic rings. The van der Waals surface area contributed by atoms with Gasteiger partial charge in [0.25, 0.3) is 0 Å². The molecule has 3 fully saturated rings. The van der Waals surface area contributed by atoms with Crippen LogP contribution in [-0.2, 0) is 14.8 Å². The summed E-state index contributed by atoms with van der Waals surface area (Å²) in [5.74, 6) is -1.84. The number of hydrogen-bond acceptors (Lipinski definition) is 4. The molecule has 0 aromatic heterocycles. The smallest absolute Gasteiger partial charge is 0.317 e. The lowest BCUT2D eigenvalue weighted by Gasteiger charge is -2.37.